The molecule has 2 N–H and O–H groups in total. The lowest BCUT2D eigenvalue weighted by molar-refractivity contribution is 0.144. The van der Waals surface area contributed by atoms with Gasteiger partial charge in [0.15, 0.2) is 0 Å². The molecule has 0 bridgehead atoms. The van der Waals surface area contributed by atoms with Gasteiger partial charge in [-0.05, 0) is 39.7 Å². The zero-order valence-electron chi connectivity index (χ0n) is 12.5. The van der Waals surface area contributed by atoms with Crippen LogP contribution in [-0.4, -0.2) is 33.6 Å². The van der Waals surface area contributed by atoms with Crippen LogP contribution < -0.4 is 5.32 Å². The fraction of sp³-hybridized carbons (Fsp3) is 0.786. The van der Waals surface area contributed by atoms with Crippen LogP contribution in [0.4, 0.5) is 0 Å². The summed E-state index contributed by atoms with van der Waals surface area (Å²) < 4.78 is 1.96. The van der Waals surface area contributed by atoms with Crippen LogP contribution in [0.15, 0.2) is 0 Å². The minimum Gasteiger partial charge on any atom is -0.394 e. The number of nitrogens with zero attached hydrogens (tertiary/aromatic N) is 2. The highest BCUT2D eigenvalue weighted by Gasteiger charge is 2.25. The van der Waals surface area contributed by atoms with Crippen LogP contribution in [0.3, 0.4) is 0 Å². The average Bonchev–Trinajstić information content (AvgIpc) is 2.65. The van der Waals surface area contributed by atoms with E-state index in [-0.39, 0.29) is 12.1 Å². The van der Waals surface area contributed by atoms with Crippen LogP contribution in [0.25, 0.3) is 0 Å². The van der Waals surface area contributed by atoms with Gasteiger partial charge in [0.2, 0.25) is 0 Å². The summed E-state index contributed by atoms with van der Waals surface area (Å²) in [6.45, 7) is 9.99. The molecule has 0 radical (unpaired) electrons. The summed E-state index contributed by atoms with van der Waals surface area (Å²) in [5.41, 5.74) is 1.75. The lowest BCUT2D eigenvalue weighted by Crippen LogP contribution is -2.48. The molecule has 0 saturated heterocycles. The van der Waals surface area contributed by atoms with Crippen LogP contribution in [-0.2, 0) is 6.54 Å². The molecule has 1 aromatic heterocycles. The molecule has 0 aliphatic rings. The normalized spacial score (nSPS) is 14.6. The van der Waals surface area contributed by atoms with E-state index >= 15 is 0 Å². The second-order valence-corrected chi connectivity index (χ2v) is 5.51. The lowest BCUT2D eigenvalue weighted by atomic mass is 9.91. The van der Waals surface area contributed by atoms with Crippen molar-refractivity contribution in [3.63, 3.8) is 0 Å². The number of halogens is 1. The Labute approximate surface area is 121 Å². The highest BCUT2D eigenvalue weighted by atomic mass is 35.5. The van der Waals surface area contributed by atoms with Crippen molar-refractivity contribution < 1.29 is 5.11 Å². The molecular weight excluding hydrogens is 262 g/mol. The smallest absolute Gasteiger partial charge is 0.0844 e. The summed E-state index contributed by atoms with van der Waals surface area (Å²) in [5.74, 6) is 0. The third-order valence-corrected chi connectivity index (χ3v) is 4.40. The SMILES string of the molecule is CCNC(CC)(CO)CCCn1nc(C)c(Cl)c1C. The van der Waals surface area contributed by atoms with Gasteiger partial charge in [0, 0.05) is 12.1 Å². The van der Waals surface area contributed by atoms with Crippen LogP contribution in [0.5, 0.6) is 0 Å². The summed E-state index contributed by atoms with van der Waals surface area (Å²) in [7, 11) is 0. The van der Waals surface area contributed by atoms with Gasteiger partial charge in [-0.3, -0.25) is 4.68 Å². The molecular formula is C14H26ClN3O. The van der Waals surface area contributed by atoms with Gasteiger partial charge in [-0.25, -0.2) is 0 Å². The maximum Gasteiger partial charge on any atom is 0.0844 e. The summed E-state index contributed by atoms with van der Waals surface area (Å²) in [4.78, 5) is 0. The molecule has 0 saturated carbocycles. The van der Waals surface area contributed by atoms with Crippen LogP contribution in [0.2, 0.25) is 5.02 Å². The predicted molar refractivity (Wildman–Crippen MR) is 79.7 cm³/mol. The van der Waals surface area contributed by atoms with Crippen molar-refractivity contribution >= 4 is 11.6 Å². The van der Waals surface area contributed by atoms with Crippen molar-refractivity contribution in [1.29, 1.82) is 0 Å². The van der Waals surface area contributed by atoms with E-state index in [0.29, 0.717) is 0 Å². The summed E-state index contributed by atoms with van der Waals surface area (Å²) >= 11 is 6.14. The standard InChI is InChI=1S/C14H26ClN3O/c1-5-14(10-19,16-6-2)8-7-9-18-12(4)13(15)11(3)17-18/h16,19H,5-10H2,1-4H3. The van der Waals surface area contributed by atoms with E-state index in [1.54, 1.807) is 0 Å². The molecule has 1 atom stereocenters. The Hall–Kier alpha value is -0.580. The van der Waals surface area contributed by atoms with Gasteiger partial charge in [0.05, 0.1) is 23.0 Å². The number of likely N-dealkylation sites (N-methyl/N-ethyl adjacent to an activating group) is 1. The summed E-state index contributed by atoms with van der Waals surface area (Å²) in [6.07, 6.45) is 2.83. The first-order chi connectivity index (χ1) is 8.99. The predicted octanol–water partition coefficient (Wildman–Crippen LogP) is 2.68. The van der Waals surface area contributed by atoms with Crippen LogP contribution in [0, 0.1) is 13.8 Å². The molecule has 0 aliphatic carbocycles. The molecule has 1 heterocycles. The Kier molecular flexibility index (Phi) is 6.30. The van der Waals surface area contributed by atoms with Crippen molar-refractivity contribution in [2.45, 2.75) is 59.0 Å². The molecule has 0 fully saturated rings. The first kappa shape index (κ1) is 16.5. The number of hydrogen-bond acceptors (Lipinski definition) is 3. The maximum atomic E-state index is 9.60. The van der Waals surface area contributed by atoms with Crippen LogP contribution in [0.1, 0.15) is 44.5 Å². The molecule has 1 unspecified atom stereocenters. The van der Waals surface area contributed by atoms with Gasteiger partial charge in [-0.1, -0.05) is 25.4 Å². The molecule has 0 aliphatic heterocycles. The van der Waals surface area contributed by atoms with Crippen molar-refractivity contribution in [2.75, 3.05) is 13.2 Å². The quantitative estimate of drug-likeness (QED) is 0.773. The molecule has 0 aromatic carbocycles. The van der Waals surface area contributed by atoms with E-state index in [1.165, 1.54) is 0 Å². The number of nitrogens with one attached hydrogen (secondary N) is 1. The lowest BCUT2D eigenvalue weighted by Gasteiger charge is -2.31. The fourth-order valence-corrected chi connectivity index (χ4v) is 2.61. The molecule has 1 aromatic rings. The monoisotopic (exact) mass is 287 g/mol. The average molecular weight is 288 g/mol. The Morgan fingerprint density at radius 2 is 2.05 bits per heavy atom. The van der Waals surface area contributed by atoms with Gasteiger partial charge in [-0.15, -0.1) is 0 Å². The van der Waals surface area contributed by atoms with Gasteiger partial charge in [0.25, 0.3) is 0 Å². The van der Waals surface area contributed by atoms with Gasteiger partial charge in [-0.2, -0.15) is 5.10 Å². The van der Waals surface area contributed by atoms with Gasteiger partial charge >= 0.3 is 0 Å². The molecule has 110 valence electrons. The highest BCUT2D eigenvalue weighted by molar-refractivity contribution is 6.31. The molecule has 1 rings (SSSR count). The van der Waals surface area contributed by atoms with E-state index in [0.717, 1.165) is 48.8 Å². The highest BCUT2D eigenvalue weighted by Crippen LogP contribution is 2.21. The topological polar surface area (TPSA) is 50.1 Å². The van der Waals surface area contributed by atoms with Crippen molar-refractivity contribution in [2.24, 2.45) is 0 Å². The van der Waals surface area contributed by atoms with Crippen molar-refractivity contribution in [1.82, 2.24) is 15.1 Å². The molecule has 0 spiro atoms. The first-order valence-corrected chi connectivity index (χ1v) is 7.43. The Bertz CT molecular complexity index is 400. The van der Waals surface area contributed by atoms with E-state index in [9.17, 15) is 5.11 Å². The number of aliphatic hydroxyl groups is 1. The van der Waals surface area contributed by atoms with E-state index in [1.807, 2.05) is 18.5 Å². The third kappa shape index (κ3) is 3.94. The van der Waals surface area contributed by atoms with E-state index in [2.05, 4.69) is 24.3 Å². The maximum absolute atomic E-state index is 9.60. The number of aryl methyl sites for hydroxylation is 2. The van der Waals surface area contributed by atoms with Crippen LogP contribution >= 0.6 is 11.6 Å². The fourth-order valence-electron chi connectivity index (χ4n) is 2.47. The second kappa shape index (κ2) is 7.27. The third-order valence-electron chi connectivity index (χ3n) is 3.85. The molecule has 5 heteroatoms. The number of aliphatic hydroxyl groups excluding tert-OH is 1. The molecule has 19 heavy (non-hydrogen) atoms. The second-order valence-electron chi connectivity index (χ2n) is 5.13. The Morgan fingerprint density at radius 3 is 2.47 bits per heavy atom. The molecule has 0 amide bonds. The van der Waals surface area contributed by atoms with Crippen molar-refractivity contribution in [3.05, 3.63) is 16.4 Å². The van der Waals surface area contributed by atoms with E-state index in [4.69, 9.17) is 11.6 Å². The van der Waals surface area contributed by atoms with E-state index < -0.39 is 0 Å². The van der Waals surface area contributed by atoms with Gasteiger partial charge < -0.3 is 10.4 Å². The summed E-state index contributed by atoms with van der Waals surface area (Å²) in [6, 6.07) is 0. The number of hydrogen-bond donors (Lipinski definition) is 2. The first-order valence-electron chi connectivity index (χ1n) is 7.05. The number of rotatable bonds is 8. The minimum atomic E-state index is -0.158. The van der Waals surface area contributed by atoms with Crippen molar-refractivity contribution in [3.8, 4) is 0 Å². The summed E-state index contributed by atoms with van der Waals surface area (Å²) in [5, 5.41) is 18.2. The largest absolute Gasteiger partial charge is 0.394 e. The number of aromatic nitrogens is 2. The Morgan fingerprint density at radius 1 is 1.37 bits per heavy atom. The zero-order chi connectivity index (χ0) is 14.5. The minimum absolute atomic E-state index is 0.158. The molecule has 4 nitrogen and oxygen atoms in total. The Balaban J connectivity index is 2.59. The zero-order valence-corrected chi connectivity index (χ0v) is 13.2. The van der Waals surface area contributed by atoms with Gasteiger partial charge in [0.1, 0.15) is 0 Å².